The lowest BCUT2D eigenvalue weighted by Gasteiger charge is -2.09. The number of Topliss-reactive ketones (excluding diaryl/α,β-unsaturated/α-hetero) is 1. The number of ether oxygens (including phenoxy) is 4. The Hall–Kier alpha value is -3.13. The zero-order chi connectivity index (χ0) is 20.8. The zero-order valence-electron chi connectivity index (χ0n) is 17.2. The molecule has 7 nitrogen and oxygen atoms in total. The molecule has 0 radical (unpaired) electrons. The lowest BCUT2D eigenvalue weighted by Crippen LogP contribution is -2.37. The molecular formula is C22H24BrN2O5+. The number of halogens is 1. The van der Waals surface area contributed by atoms with Gasteiger partial charge in [-0.05, 0) is 35.3 Å². The number of hydrogen-bond donors (Lipinski definition) is 0. The lowest BCUT2D eigenvalue weighted by molar-refractivity contribution is -0.686. The van der Waals surface area contributed by atoms with Gasteiger partial charge >= 0.3 is 0 Å². The lowest BCUT2D eigenvalue weighted by atomic mass is 10.1. The average molecular weight is 476 g/mol. The molecule has 0 unspecified atom stereocenters. The molecule has 158 valence electrons. The summed E-state index contributed by atoms with van der Waals surface area (Å²) in [4.78, 5) is 17.1. The maximum atomic E-state index is 12.6. The van der Waals surface area contributed by atoms with Crippen LogP contribution >= 0.6 is 17.0 Å². The minimum absolute atomic E-state index is 0. The largest absolute Gasteiger partial charge is 0.497 e. The summed E-state index contributed by atoms with van der Waals surface area (Å²) in [6.45, 7) is 0.155. The molecule has 1 aromatic heterocycles. The van der Waals surface area contributed by atoms with Crippen LogP contribution in [0.15, 0.2) is 55.0 Å². The summed E-state index contributed by atoms with van der Waals surface area (Å²) >= 11 is 0. The van der Waals surface area contributed by atoms with Gasteiger partial charge in [-0.15, -0.1) is 17.0 Å². The molecule has 8 heteroatoms. The molecule has 0 N–H and O–H groups in total. The molecule has 0 aliphatic rings. The van der Waals surface area contributed by atoms with Gasteiger partial charge in [-0.2, -0.15) is 0 Å². The van der Waals surface area contributed by atoms with Crippen molar-refractivity contribution < 1.29 is 28.3 Å². The molecule has 0 spiro atoms. The molecule has 0 bridgehead atoms. The minimum atomic E-state index is -0.0625. The molecule has 3 aromatic rings. The normalized spacial score (nSPS) is 10.0. The van der Waals surface area contributed by atoms with Gasteiger partial charge in [0.1, 0.15) is 11.5 Å². The summed E-state index contributed by atoms with van der Waals surface area (Å²) in [6, 6.07) is 12.5. The fraction of sp³-hybridized carbons (Fsp3) is 0.227. The summed E-state index contributed by atoms with van der Waals surface area (Å²) in [7, 11) is 6.30. The van der Waals surface area contributed by atoms with E-state index in [9.17, 15) is 4.79 Å². The van der Waals surface area contributed by atoms with Gasteiger partial charge in [0.15, 0.2) is 23.7 Å². The van der Waals surface area contributed by atoms with Crippen LogP contribution in [0.1, 0.15) is 10.4 Å². The van der Waals surface area contributed by atoms with E-state index in [-0.39, 0.29) is 29.3 Å². The molecule has 0 fully saturated rings. The second kappa shape index (κ2) is 10.6. The Bertz CT molecular complexity index is 1010. The summed E-state index contributed by atoms with van der Waals surface area (Å²) in [5.41, 5.74) is 2.11. The molecule has 0 aliphatic carbocycles. The topological polar surface area (TPSA) is 70.8 Å². The first kappa shape index (κ1) is 23.2. The van der Waals surface area contributed by atoms with Crippen LogP contribution in [0, 0.1) is 0 Å². The van der Waals surface area contributed by atoms with E-state index in [1.807, 2.05) is 24.4 Å². The number of carbonyl (C=O) groups is 1. The smallest absolute Gasteiger partial charge is 0.287 e. The summed E-state index contributed by atoms with van der Waals surface area (Å²) < 4.78 is 22.8. The van der Waals surface area contributed by atoms with Gasteiger partial charge in [-0.25, -0.2) is 4.57 Å². The summed E-state index contributed by atoms with van der Waals surface area (Å²) in [5.74, 6) is 2.40. The first-order valence-corrected chi connectivity index (χ1v) is 8.92. The number of nitrogens with zero attached hydrogens (tertiary/aromatic N) is 2. The Morgan fingerprint density at radius 2 is 1.60 bits per heavy atom. The number of carbonyl (C=O) groups excluding carboxylic acids is 1. The fourth-order valence-corrected chi connectivity index (χ4v) is 2.91. The highest BCUT2D eigenvalue weighted by atomic mass is 79.9. The Kier molecular flexibility index (Phi) is 8.17. The van der Waals surface area contributed by atoms with E-state index >= 15 is 0 Å². The van der Waals surface area contributed by atoms with E-state index in [1.54, 1.807) is 56.5 Å². The van der Waals surface area contributed by atoms with Gasteiger partial charge in [0, 0.05) is 17.7 Å². The molecular weight excluding hydrogens is 452 g/mol. The van der Waals surface area contributed by atoms with Crippen molar-refractivity contribution in [2.45, 2.75) is 6.54 Å². The number of methoxy groups -OCH3 is 4. The van der Waals surface area contributed by atoms with Crippen molar-refractivity contribution >= 4 is 22.8 Å². The van der Waals surface area contributed by atoms with Gasteiger partial charge in [-0.3, -0.25) is 4.79 Å². The van der Waals surface area contributed by atoms with Gasteiger partial charge in [0.2, 0.25) is 5.78 Å². The van der Waals surface area contributed by atoms with Gasteiger partial charge in [0.25, 0.3) is 6.33 Å². The highest BCUT2D eigenvalue weighted by Crippen LogP contribution is 2.31. The Morgan fingerprint density at radius 3 is 2.20 bits per heavy atom. The van der Waals surface area contributed by atoms with Crippen molar-refractivity contribution in [2.75, 3.05) is 28.4 Å². The molecule has 2 aromatic carbocycles. The van der Waals surface area contributed by atoms with E-state index in [0.29, 0.717) is 28.6 Å². The number of aromatic nitrogens is 2. The zero-order valence-corrected chi connectivity index (χ0v) is 19.0. The number of rotatable bonds is 8. The van der Waals surface area contributed by atoms with Crippen molar-refractivity contribution in [3.05, 3.63) is 60.6 Å². The van der Waals surface area contributed by atoms with Crippen LogP contribution in [-0.4, -0.2) is 39.2 Å². The second-order valence-corrected chi connectivity index (χ2v) is 6.18. The molecule has 1 heterocycles. The van der Waals surface area contributed by atoms with E-state index in [4.69, 9.17) is 18.9 Å². The van der Waals surface area contributed by atoms with Crippen LogP contribution in [0.2, 0.25) is 0 Å². The predicted molar refractivity (Wildman–Crippen MR) is 117 cm³/mol. The quantitative estimate of drug-likeness (QED) is 0.366. The molecule has 0 saturated carbocycles. The average Bonchev–Trinajstić information content (AvgIpc) is 2.78. The van der Waals surface area contributed by atoms with Crippen LogP contribution < -0.4 is 23.5 Å². The first-order valence-electron chi connectivity index (χ1n) is 8.92. The summed E-state index contributed by atoms with van der Waals surface area (Å²) in [5, 5.41) is 0. The van der Waals surface area contributed by atoms with E-state index in [0.717, 1.165) is 11.3 Å². The van der Waals surface area contributed by atoms with Gasteiger partial charge in [-0.1, -0.05) is 0 Å². The van der Waals surface area contributed by atoms with Crippen molar-refractivity contribution in [2.24, 2.45) is 0 Å². The Labute approximate surface area is 186 Å². The summed E-state index contributed by atoms with van der Waals surface area (Å²) in [6.07, 6.45) is 3.43. The highest BCUT2D eigenvalue weighted by molar-refractivity contribution is 8.93. The maximum Gasteiger partial charge on any atom is 0.287 e. The minimum Gasteiger partial charge on any atom is -0.497 e. The third-order valence-corrected chi connectivity index (χ3v) is 4.49. The second-order valence-electron chi connectivity index (χ2n) is 6.18. The number of hydrogen-bond acceptors (Lipinski definition) is 6. The van der Waals surface area contributed by atoms with Crippen LogP contribution in [0.4, 0.5) is 0 Å². The third-order valence-electron chi connectivity index (χ3n) is 4.49. The van der Waals surface area contributed by atoms with Crippen LogP contribution in [-0.2, 0) is 6.54 Å². The Balaban J connectivity index is 0.00000320. The SMILES string of the molecule is Br.COc1ccc(-c2cc[n+](CC(=O)c3ccc(OC)c(OC)c3)cn2)c(OC)c1. The van der Waals surface area contributed by atoms with Gasteiger partial charge in [0.05, 0.1) is 40.2 Å². The molecule has 0 aliphatic heterocycles. The van der Waals surface area contributed by atoms with Crippen LogP contribution in [0.25, 0.3) is 11.3 Å². The van der Waals surface area contributed by atoms with Crippen LogP contribution in [0.3, 0.4) is 0 Å². The van der Waals surface area contributed by atoms with Crippen molar-refractivity contribution in [3.8, 4) is 34.3 Å². The number of benzene rings is 2. The predicted octanol–water partition coefficient (Wildman–Crippen LogP) is 3.53. The first-order chi connectivity index (χ1) is 14.1. The standard InChI is InChI=1S/C22H23N2O5.BrH/c1-26-16-6-7-17(21(12-16)28-3)18-9-10-24(14-23-18)13-19(25)15-5-8-20(27-2)22(11-15)29-4;/h5-12,14H,13H2,1-4H3;1H/q+1;. The molecule has 0 amide bonds. The van der Waals surface area contributed by atoms with Crippen molar-refractivity contribution in [1.29, 1.82) is 0 Å². The molecule has 3 rings (SSSR count). The maximum absolute atomic E-state index is 12.6. The van der Waals surface area contributed by atoms with Crippen molar-refractivity contribution in [3.63, 3.8) is 0 Å². The van der Waals surface area contributed by atoms with Crippen LogP contribution in [0.5, 0.6) is 23.0 Å². The van der Waals surface area contributed by atoms with E-state index in [1.165, 1.54) is 7.11 Å². The third kappa shape index (κ3) is 5.07. The van der Waals surface area contributed by atoms with E-state index in [2.05, 4.69) is 4.98 Å². The molecule has 0 saturated heterocycles. The van der Waals surface area contributed by atoms with Gasteiger partial charge < -0.3 is 18.9 Å². The highest BCUT2D eigenvalue weighted by Gasteiger charge is 2.16. The van der Waals surface area contributed by atoms with Crippen molar-refractivity contribution in [1.82, 2.24) is 4.98 Å². The fourth-order valence-electron chi connectivity index (χ4n) is 2.91. The molecule has 30 heavy (non-hydrogen) atoms. The molecule has 0 atom stereocenters. The Morgan fingerprint density at radius 1 is 0.867 bits per heavy atom. The number of ketones is 1. The van der Waals surface area contributed by atoms with E-state index < -0.39 is 0 Å². The monoisotopic (exact) mass is 475 g/mol.